The van der Waals surface area contributed by atoms with Crippen LogP contribution in [-0.2, 0) is 20.4 Å². The molecule has 1 aliphatic heterocycles. The molecule has 2 N–H and O–H groups in total. The van der Waals surface area contributed by atoms with E-state index in [1.54, 1.807) is 19.1 Å². The van der Waals surface area contributed by atoms with Gasteiger partial charge in [-0.05, 0) is 93.1 Å². The first-order valence-corrected chi connectivity index (χ1v) is 13.9. The zero-order valence-electron chi connectivity index (χ0n) is 22.9. The number of esters is 1. The highest BCUT2D eigenvalue weighted by atomic mass is 19.4. The molecule has 12 heteroatoms. The molecule has 0 radical (unpaired) electrons. The molecule has 2 fully saturated rings. The fourth-order valence-electron chi connectivity index (χ4n) is 5.25. The maximum Gasteiger partial charge on any atom is 0.418 e. The summed E-state index contributed by atoms with van der Waals surface area (Å²) in [6.07, 6.45) is -0.412. The van der Waals surface area contributed by atoms with Crippen LogP contribution < -0.4 is 10.6 Å². The second-order valence-corrected chi connectivity index (χ2v) is 10.3. The van der Waals surface area contributed by atoms with Crippen LogP contribution in [0.3, 0.4) is 0 Å². The standard InChI is InChI=1S/C29H35F3N4O5/c1-2-40-28(38)19-3-5-20(6-4-19)33-22-13-15-36(16-14-22)27(37)18-41-24-10-7-21(8-11-24)34-23-9-12-26(35-39)25(17-23)29(30,31)32/h3-6,9,12,17,21-22,24,33-34H,2,7-8,10-11,13-16,18H2,1H3. The number of halogens is 3. The number of anilines is 2. The topological polar surface area (TPSA) is 109 Å². The van der Waals surface area contributed by atoms with Crippen LogP contribution in [0.4, 0.5) is 30.2 Å². The number of nitroso groups, excluding NO2 is 1. The van der Waals surface area contributed by atoms with Gasteiger partial charge in [0.05, 0.1) is 23.8 Å². The van der Waals surface area contributed by atoms with E-state index in [1.165, 1.54) is 6.07 Å². The number of alkyl halides is 3. The van der Waals surface area contributed by atoms with Crippen LogP contribution in [0.15, 0.2) is 47.6 Å². The smallest absolute Gasteiger partial charge is 0.418 e. The molecule has 1 saturated carbocycles. The fraction of sp³-hybridized carbons (Fsp3) is 0.517. The molecule has 1 amide bonds. The molecule has 2 aliphatic rings. The minimum atomic E-state index is -4.66. The Balaban J connectivity index is 1.15. The van der Waals surface area contributed by atoms with E-state index in [0.717, 1.165) is 30.7 Å². The highest BCUT2D eigenvalue weighted by Gasteiger charge is 2.35. The van der Waals surface area contributed by atoms with Gasteiger partial charge in [0.15, 0.2) is 0 Å². The number of nitrogens with one attached hydrogen (secondary N) is 2. The fourth-order valence-corrected chi connectivity index (χ4v) is 5.25. The third-order valence-electron chi connectivity index (χ3n) is 7.50. The maximum atomic E-state index is 13.2. The summed E-state index contributed by atoms with van der Waals surface area (Å²) in [4.78, 5) is 37.1. The Bertz CT molecular complexity index is 1190. The molecular weight excluding hydrogens is 541 g/mol. The molecule has 0 unspecified atom stereocenters. The summed E-state index contributed by atoms with van der Waals surface area (Å²) in [5, 5.41) is 9.05. The van der Waals surface area contributed by atoms with Crippen molar-refractivity contribution < 1.29 is 32.2 Å². The van der Waals surface area contributed by atoms with Gasteiger partial charge < -0.3 is 25.0 Å². The molecule has 9 nitrogen and oxygen atoms in total. The van der Waals surface area contributed by atoms with Gasteiger partial charge in [-0.1, -0.05) is 0 Å². The maximum absolute atomic E-state index is 13.2. The minimum absolute atomic E-state index is 0.00524. The summed E-state index contributed by atoms with van der Waals surface area (Å²) >= 11 is 0. The number of amides is 1. The lowest BCUT2D eigenvalue weighted by Gasteiger charge is -2.34. The number of ether oxygens (including phenoxy) is 2. The van der Waals surface area contributed by atoms with E-state index < -0.39 is 17.4 Å². The van der Waals surface area contributed by atoms with Gasteiger partial charge in [-0.3, -0.25) is 4.79 Å². The van der Waals surface area contributed by atoms with E-state index in [1.807, 2.05) is 17.0 Å². The van der Waals surface area contributed by atoms with Crippen LogP contribution >= 0.6 is 0 Å². The van der Waals surface area contributed by atoms with E-state index in [2.05, 4.69) is 15.8 Å². The van der Waals surface area contributed by atoms with Crippen LogP contribution in [0.1, 0.15) is 61.4 Å². The summed E-state index contributed by atoms with van der Waals surface area (Å²) in [6.45, 7) is 3.34. The molecule has 0 aromatic heterocycles. The molecule has 222 valence electrons. The molecule has 1 heterocycles. The average Bonchev–Trinajstić information content (AvgIpc) is 2.97. The normalized spacial score (nSPS) is 19.9. The van der Waals surface area contributed by atoms with Crippen LogP contribution in [-0.4, -0.2) is 61.3 Å². The average molecular weight is 577 g/mol. The van der Waals surface area contributed by atoms with E-state index >= 15 is 0 Å². The Morgan fingerprint density at radius 3 is 2.15 bits per heavy atom. The van der Waals surface area contributed by atoms with Crippen molar-refractivity contribution >= 4 is 28.9 Å². The third kappa shape index (κ3) is 8.42. The number of rotatable bonds is 10. The molecule has 0 spiro atoms. The summed E-state index contributed by atoms with van der Waals surface area (Å²) in [5.74, 6) is -0.396. The number of carbonyl (C=O) groups is 2. The Labute approximate surface area is 236 Å². The van der Waals surface area contributed by atoms with Gasteiger partial charge in [-0.25, -0.2) is 4.79 Å². The molecule has 0 atom stereocenters. The van der Waals surface area contributed by atoms with Crippen LogP contribution in [0, 0.1) is 4.91 Å². The highest BCUT2D eigenvalue weighted by Crippen LogP contribution is 2.38. The number of likely N-dealkylation sites (tertiary alicyclic amines) is 1. The van der Waals surface area contributed by atoms with Crippen molar-refractivity contribution in [2.24, 2.45) is 5.18 Å². The number of hydrogen-bond donors (Lipinski definition) is 2. The Morgan fingerprint density at radius 1 is 0.927 bits per heavy atom. The number of hydrogen-bond acceptors (Lipinski definition) is 8. The van der Waals surface area contributed by atoms with Gasteiger partial charge in [-0.2, -0.15) is 13.2 Å². The van der Waals surface area contributed by atoms with Gasteiger partial charge >= 0.3 is 12.1 Å². The van der Waals surface area contributed by atoms with Gasteiger partial charge in [0.1, 0.15) is 12.3 Å². The predicted octanol–water partition coefficient (Wildman–Crippen LogP) is 6.12. The summed E-state index contributed by atoms with van der Waals surface area (Å²) in [7, 11) is 0. The molecule has 1 aliphatic carbocycles. The summed E-state index contributed by atoms with van der Waals surface area (Å²) < 4.78 is 50.5. The molecule has 4 rings (SSSR count). The molecule has 0 bridgehead atoms. The van der Waals surface area contributed by atoms with Crippen molar-refractivity contribution in [3.05, 3.63) is 58.5 Å². The molecular formula is C29H35F3N4O5. The highest BCUT2D eigenvalue weighted by molar-refractivity contribution is 5.89. The third-order valence-corrected chi connectivity index (χ3v) is 7.50. The number of carbonyl (C=O) groups excluding carboxylic acids is 2. The lowest BCUT2D eigenvalue weighted by Crippen LogP contribution is -2.44. The van der Waals surface area contributed by atoms with E-state index in [9.17, 15) is 27.7 Å². The Hall–Kier alpha value is -3.67. The second-order valence-electron chi connectivity index (χ2n) is 10.3. The molecule has 1 saturated heterocycles. The Kier molecular flexibility index (Phi) is 10.2. The van der Waals surface area contributed by atoms with Crippen molar-refractivity contribution in [3.8, 4) is 0 Å². The quantitative estimate of drug-likeness (QED) is 0.259. The summed E-state index contributed by atoms with van der Waals surface area (Å²) in [6, 6.07) is 10.8. The lowest BCUT2D eigenvalue weighted by molar-refractivity contribution is -0.140. The molecule has 2 aromatic rings. The van der Waals surface area contributed by atoms with Crippen molar-refractivity contribution in [3.63, 3.8) is 0 Å². The van der Waals surface area contributed by atoms with Gasteiger partial charge in [0, 0.05) is 36.5 Å². The van der Waals surface area contributed by atoms with Crippen LogP contribution in [0.25, 0.3) is 0 Å². The first-order chi connectivity index (χ1) is 19.7. The monoisotopic (exact) mass is 576 g/mol. The van der Waals surface area contributed by atoms with Crippen LogP contribution in [0.2, 0.25) is 0 Å². The van der Waals surface area contributed by atoms with Gasteiger partial charge in [0.2, 0.25) is 5.91 Å². The SMILES string of the molecule is CCOC(=O)c1ccc(NC2CCN(C(=O)COC3CCC(Nc4ccc(N=O)c(C(F)(F)F)c4)CC3)CC2)cc1. The van der Waals surface area contributed by atoms with E-state index in [0.29, 0.717) is 50.9 Å². The number of piperidine rings is 1. The zero-order chi connectivity index (χ0) is 29.4. The first kappa shape index (κ1) is 30.3. The Morgan fingerprint density at radius 2 is 1.54 bits per heavy atom. The molecule has 41 heavy (non-hydrogen) atoms. The van der Waals surface area contributed by atoms with E-state index in [-0.39, 0.29) is 42.4 Å². The first-order valence-electron chi connectivity index (χ1n) is 13.9. The van der Waals surface area contributed by atoms with Crippen molar-refractivity contribution in [2.75, 3.05) is 36.9 Å². The van der Waals surface area contributed by atoms with E-state index in [4.69, 9.17) is 9.47 Å². The van der Waals surface area contributed by atoms with Crippen molar-refractivity contribution in [2.45, 2.75) is 69.8 Å². The van der Waals surface area contributed by atoms with Crippen LogP contribution in [0.5, 0.6) is 0 Å². The largest absolute Gasteiger partial charge is 0.462 e. The van der Waals surface area contributed by atoms with Crippen molar-refractivity contribution in [1.29, 1.82) is 0 Å². The number of nitrogens with zero attached hydrogens (tertiary/aromatic N) is 2. The zero-order valence-corrected chi connectivity index (χ0v) is 22.9. The predicted molar refractivity (Wildman–Crippen MR) is 148 cm³/mol. The second kappa shape index (κ2) is 13.8. The minimum Gasteiger partial charge on any atom is -0.462 e. The van der Waals surface area contributed by atoms with Gasteiger partial charge in [0.25, 0.3) is 0 Å². The number of benzene rings is 2. The lowest BCUT2D eigenvalue weighted by atomic mass is 9.92. The van der Waals surface area contributed by atoms with Crippen molar-refractivity contribution in [1.82, 2.24) is 4.90 Å². The van der Waals surface area contributed by atoms with Gasteiger partial charge in [-0.15, -0.1) is 4.91 Å². The summed E-state index contributed by atoms with van der Waals surface area (Å²) in [5.41, 5.74) is 0.0121. The molecule has 2 aromatic carbocycles.